The van der Waals surface area contributed by atoms with E-state index in [9.17, 15) is 4.39 Å². The highest BCUT2D eigenvalue weighted by Gasteiger charge is 2.43. The Hall–Kier alpha value is -2.41. The van der Waals surface area contributed by atoms with Crippen molar-refractivity contribution in [3.05, 3.63) is 35.8 Å². The third kappa shape index (κ3) is 4.40. The van der Waals surface area contributed by atoms with Crippen molar-refractivity contribution in [3.8, 4) is 0 Å². The maximum Gasteiger partial charge on any atom is 0.229 e. The summed E-state index contributed by atoms with van der Waals surface area (Å²) in [6.45, 7) is 14.4. The number of likely N-dealkylation sites (tertiary alicyclic amines) is 1. The summed E-state index contributed by atoms with van der Waals surface area (Å²) in [4.78, 5) is 13.5. The van der Waals surface area contributed by atoms with Gasteiger partial charge in [0.2, 0.25) is 5.95 Å². The SMILES string of the molecule is CC(C)N1CCc2cc(Nc3ncc(F)c(NC4CC(C)(C)N(C)C(C)(C)C4)n3)ccc21. The zero-order valence-electron chi connectivity index (χ0n) is 20.5. The lowest BCUT2D eigenvalue weighted by Crippen LogP contribution is -2.61. The zero-order chi connectivity index (χ0) is 23.3. The molecule has 1 fully saturated rings. The second-order valence-corrected chi connectivity index (χ2v) is 10.8. The number of nitrogens with one attached hydrogen (secondary N) is 2. The van der Waals surface area contributed by atoms with Crippen LogP contribution in [0.4, 0.5) is 27.5 Å². The maximum atomic E-state index is 14.6. The van der Waals surface area contributed by atoms with E-state index in [1.165, 1.54) is 17.4 Å². The molecule has 0 unspecified atom stereocenters. The molecule has 0 saturated carbocycles. The van der Waals surface area contributed by atoms with Crippen LogP contribution in [0.15, 0.2) is 24.4 Å². The largest absolute Gasteiger partial charge is 0.369 e. The van der Waals surface area contributed by atoms with Crippen molar-refractivity contribution in [3.63, 3.8) is 0 Å². The van der Waals surface area contributed by atoms with Gasteiger partial charge in [0.05, 0.1) is 6.20 Å². The number of halogens is 1. The van der Waals surface area contributed by atoms with Crippen LogP contribution in [0.2, 0.25) is 0 Å². The molecule has 4 rings (SSSR count). The minimum atomic E-state index is -0.424. The van der Waals surface area contributed by atoms with Crippen LogP contribution < -0.4 is 15.5 Å². The van der Waals surface area contributed by atoms with Gasteiger partial charge < -0.3 is 15.5 Å². The van der Waals surface area contributed by atoms with Crippen LogP contribution in [-0.4, -0.2) is 51.6 Å². The van der Waals surface area contributed by atoms with E-state index in [1.54, 1.807) is 0 Å². The molecule has 1 saturated heterocycles. The summed E-state index contributed by atoms with van der Waals surface area (Å²) >= 11 is 0. The van der Waals surface area contributed by atoms with Crippen LogP contribution in [0.3, 0.4) is 0 Å². The normalized spacial score (nSPS) is 20.5. The standard InChI is InChI=1S/C25H37FN6/c1-16(2)32-11-10-17-12-18(8-9-21(17)32)29-23-27-15-20(26)22(30-23)28-19-13-24(3,4)31(7)25(5,6)14-19/h8-9,12,15-16,19H,10-11,13-14H2,1-7H3,(H2,27,28,29,30). The second-order valence-electron chi connectivity index (χ2n) is 10.8. The number of hydrogen-bond donors (Lipinski definition) is 2. The van der Waals surface area contributed by atoms with Crippen molar-refractivity contribution in [2.24, 2.45) is 0 Å². The Labute approximate surface area is 191 Å². The van der Waals surface area contributed by atoms with E-state index in [4.69, 9.17) is 0 Å². The monoisotopic (exact) mass is 440 g/mol. The molecule has 2 N–H and O–H groups in total. The topological polar surface area (TPSA) is 56.3 Å². The lowest BCUT2D eigenvalue weighted by Gasteiger charge is -2.53. The van der Waals surface area contributed by atoms with E-state index in [0.29, 0.717) is 12.0 Å². The molecule has 1 aromatic heterocycles. The fourth-order valence-corrected chi connectivity index (χ4v) is 5.37. The van der Waals surface area contributed by atoms with Gasteiger partial charge in [-0.05, 0) is 91.6 Å². The molecule has 0 amide bonds. The summed E-state index contributed by atoms with van der Waals surface area (Å²) in [7, 11) is 2.17. The molecule has 0 bridgehead atoms. The minimum absolute atomic E-state index is 0.0122. The molecule has 32 heavy (non-hydrogen) atoms. The molecule has 2 aromatic rings. The summed E-state index contributed by atoms with van der Waals surface area (Å²) in [5.74, 6) is 0.237. The highest BCUT2D eigenvalue weighted by atomic mass is 19.1. The number of rotatable bonds is 5. The Bertz CT molecular complexity index is 968. The maximum absolute atomic E-state index is 14.6. The Morgan fingerprint density at radius 2 is 1.81 bits per heavy atom. The van der Waals surface area contributed by atoms with Crippen LogP contribution >= 0.6 is 0 Å². The van der Waals surface area contributed by atoms with Crippen molar-refractivity contribution in [1.82, 2.24) is 14.9 Å². The van der Waals surface area contributed by atoms with Crippen LogP contribution in [0.25, 0.3) is 0 Å². The average Bonchev–Trinajstić information content (AvgIpc) is 3.12. The first-order valence-corrected chi connectivity index (χ1v) is 11.7. The molecule has 3 heterocycles. The molecule has 174 valence electrons. The van der Waals surface area contributed by atoms with E-state index in [1.807, 2.05) is 6.07 Å². The summed E-state index contributed by atoms with van der Waals surface area (Å²) < 4.78 is 14.6. The second kappa shape index (κ2) is 8.18. The molecule has 2 aliphatic rings. The third-order valence-corrected chi connectivity index (χ3v) is 7.28. The molecule has 0 aliphatic carbocycles. The van der Waals surface area contributed by atoms with Crippen LogP contribution in [0.1, 0.15) is 59.9 Å². The minimum Gasteiger partial charge on any atom is -0.369 e. The van der Waals surface area contributed by atoms with Crippen molar-refractivity contribution in [2.45, 2.75) is 84.0 Å². The van der Waals surface area contributed by atoms with Crippen molar-refractivity contribution in [2.75, 3.05) is 29.1 Å². The quantitative estimate of drug-likeness (QED) is 0.667. The molecule has 0 atom stereocenters. The first-order chi connectivity index (χ1) is 15.0. The van der Waals surface area contributed by atoms with Gasteiger partial charge in [-0.25, -0.2) is 9.37 Å². The average molecular weight is 441 g/mol. The fraction of sp³-hybridized carbons (Fsp3) is 0.600. The molecular weight excluding hydrogens is 403 g/mol. The smallest absolute Gasteiger partial charge is 0.229 e. The predicted octanol–water partition coefficient (Wildman–Crippen LogP) is 5.19. The first kappa shape index (κ1) is 22.8. The van der Waals surface area contributed by atoms with Gasteiger partial charge in [-0.2, -0.15) is 4.98 Å². The third-order valence-electron chi connectivity index (χ3n) is 7.28. The molecule has 7 heteroatoms. The predicted molar refractivity (Wildman–Crippen MR) is 130 cm³/mol. The van der Waals surface area contributed by atoms with Gasteiger partial charge in [0.1, 0.15) is 0 Å². The lowest BCUT2D eigenvalue weighted by molar-refractivity contribution is -0.00778. The van der Waals surface area contributed by atoms with Gasteiger partial charge in [0.15, 0.2) is 11.6 Å². The Balaban J connectivity index is 1.50. The number of fused-ring (bicyclic) bond motifs is 1. The van der Waals surface area contributed by atoms with Gasteiger partial charge in [0.25, 0.3) is 0 Å². The highest BCUT2D eigenvalue weighted by Crippen LogP contribution is 2.38. The number of aromatic nitrogens is 2. The molecule has 2 aliphatic heterocycles. The molecule has 1 aromatic carbocycles. The number of hydrogen-bond acceptors (Lipinski definition) is 6. The molecular formula is C25H37FN6. The van der Waals surface area contributed by atoms with Crippen LogP contribution in [-0.2, 0) is 6.42 Å². The van der Waals surface area contributed by atoms with E-state index in [2.05, 4.69) is 91.1 Å². The van der Waals surface area contributed by atoms with Gasteiger partial charge in [-0.1, -0.05) is 0 Å². The van der Waals surface area contributed by atoms with Crippen molar-refractivity contribution >= 4 is 23.1 Å². The number of piperidine rings is 1. The van der Waals surface area contributed by atoms with Gasteiger partial charge in [-0.3, -0.25) is 4.90 Å². The van der Waals surface area contributed by atoms with E-state index < -0.39 is 5.82 Å². The van der Waals surface area contributed by atoms with Gasteiger partial charge in [0, 0.05) is 41.1 Å². The van der Waals surface area contributed by atoms with E-state index >= 15 is 0 Å². The van der Waals surface area contributed by atoms with E-state index in [0.717, 1.165) is 31.5 Å². The fourth-order valence-electron chi connectivity index (χ4n) is 5.37. The van der Waals surface area contributed by atoms with Gasteiger partial charge >= 0.3 is 0 Å². The molecule has 0 radical (unpaired) electrons. The Morgan fingerprint density at radius 3 is 2.47 bits per heavy atom. The van der Waals surface area contributed by atoms with Crippen molar-refractivity contribution in [1.29, 1.82) is 0 Å². The summed E-state index contributed by atoms with van der Waals surface area (Å²) in [6, 6.07) is 6.96. The molecule has 6 nitrogen and oxygen atoms in total. The number of nitrogens with zero attached hydrogens (tertiary/aromatic N) is 4. The zero-order valence-corrected chi connectivity index (χ0v) is 20.5. The number of benzene rings is 1. The summed E-state index contributed by atoms with van der Waals surface area (Å²) in [5, 5.41) is 6.63. The number of anilines is 4. The lowest BCUT2D eigenvalue weighted by atomic mass is 9.77. The van der Waals surface area contributed by atoms with E-state index in [-0.39, 0.29) is 22.9 Å². The van der Waals surface area contributed by atoms with Gasteiger partial charge in [-0.15, -0.1) is 0 Å². The first-order valence-electron chi connectivity index (χ1n) is 11.7. The van der Waals surface area contributed by atoms with Crippen LogP contribution in [0, 0.1) is 5.82 Å². The highest BCUT2D eigenvalue weighted by molar-refractivity contribution is 5.67. The Kier molecular flexibility index (Phi) is 5.82. The summed E-state index contributed by atoms with van der Waals surface area (Å²) in [5.41, 5.74) is 3.56. The van der Waals surface area contributed by atoms with Crippen molar-refractivity contribution < 1.29 is 4.39 Å². The van der Waals surface area contributed by atoms with Crippen LogP contribution in [0.5, 0.6) is 0 Å². The summed E-state index contributed by atoms with van der Waals surface area (Å²) in [6.07, 6.45) is 4.10. The Morgan fingerprint density at radius 1 is 1.12 bits per heavy atom. The molecule has 0 spiro atoms.